The topological polar surface area (TPSA) is 99.0 Å². The lowest BCUT2D eigenvalue weighted by molar-refractivity contribution is -0.139. The van der Waals surface area contributed by atoms with E-state index in [1.54, 1.807) is 25.7 Å². The molecule has 0 spiro atoms. The van der Waals surface area contributed by atoms with Crippen molar-refractivity contribution in [2.24, 2.45) is 13.0 Å². The maximum Gasteiger partial charge on any atom is 0.336 e. The van der Waals surface area contributed by atoms with Crippen LogP contribution in [-0.4, -0.2) is 49.7 Å². The molecule has 2 atom stereocenters. The Kier molecular flexibility index (Phi) is 6.00. The molecule has 0 radical (unpaired) electrons. The zero-order chi connectivity index (χ0) is 17.8. The summed E-state index contributed by atoms with van der Waals surface area (Å²) < 4.78 is 6.74. The minimum Gasteiger partial charge on any atom is -0.463 e. The predicted molar refractivity (Wildman–Crippen MR) is 94.7 cm³/mol. The van der Waals surface area contributed by atoms with E-state index in [1.165, 1.54) is 22.9 Å². The lowest BCUT2D eigenvalue weighted by Gasteiger charge is -2.25. The number of hydrogen-bond donors (Lipinski definition) is 1. The van der Waals surface area contributed by atoms with Crippen molar-refractivity contribution >= 4 is 35.4 Å². The average molecular weight is 383 g/mol. The molecular weight excluding hydrogens is 362 g/mol. The number of rotatable bonds is 6. The SMILES string of the molecule is CCOC(=O)C1=C(NC(=O)CSc2nnnn2C)S[C@H]2CCCC[C@@H]12. The molecule has 1 N–H and O–H groups in total. The third-order valence-corrected chi connectivity index (χ3v) is 6.68. The van der Waals surface area contributed by atoms with Gasteiger partial charge in [0.25, 0.3) is 0 Å². The lowest BCUT2D eigenvalue weighted by Crippen LogP contribution is -2.27. The molecule has 136 valence electrons. The standard InChI is InChI=1S/C15H21N5O3S2/c1-3-23-14(22)12-9-6-4-5-7-10(9)25-13(12)16-11(21)8-24-15-17-18-19-20(15)2/h9-10H,3-8H2,1-2H3,(H,16,21)/t9-,10+/m1/s1. The summed E-state index contributed by atoms with van der Waals surface area (Å²) in [5.74, 6) is -0.103. The Morgan fingerprint density at radius 2 is 2.20 bits per heavy atom. The number of aryl methyl sites for hydroxylation is 1. The van der Waals surface area contributed by atoms with Crippen LogP contribution in [0.25, 0.3) is 0 Å². The highest BCUT2D eigenvalue weighted by molar-refractivity contribution is 8.04. The molecule has 25 heavy (non-hydrogen) atoms. The van der Waals surface area contributed by atoms with Gasteiger partial charge in [-0.2, -0.15) is 0 Å². The molecule has 1 aliphatic carbocycles. The second kappa shape index (κ2) is 8.22. The zero-order valence-electron chi connectivity index (χ0n) is 14.2. The summed E-state index contributed by atoms with van der Waals surface area (Å²) in [5, 5.41) is 15.6. The number of carbonyl (C=O) groups excluding carboxylic acids is 2. The Bertz CT molecular complexity index is 690. The fourth-order valence-corrected chi connectivity index (χ4v) is 5.35. The van der Waals surface area contributed by atoms with Crippen molar-refractivity contribution < 1.29 is 14.3 Å². The number of hydrogen-bond acceptors (Lipinski definition) is 8. The van der Waals surface area contributed by atoms with Gasteiger partial charge in [0.2, 0.25) is 11.1 Å². The van der Waals surface area contributed by atoms with E-state index < -0.39 is 0 Å². The number of carbonyl (C=O) groups is 2. The quantitative estimate of drug-likeness (QED) is 0.583. The maximum absolute atomic E-state index is 12.4. The molecule has 0 aromatic carbocycles. The minimum absolute atomic E-state index is 0.170. The summed E-state index contributed by atoms with van der Waals surface area (Å²) in [6.07, 6.45) is 4.32. The fraction of sp³-hybridized carbons (Fsp3) is 0.667. The van der Waals surface area contributed by atoms with Gasteiger partial charge in [-0.25, -0.2) is 9.48 Å². The molecule has 1 saturated carbocycles. The van der Waals surface area contributed by atoms with Gasteiger partial charge >= 0.3 is 5.97 Å². The number of tetrazole rings is 1. The molecule has 1 aromatic rings. The van der Waals surface area contributed by atoms with Crippen LogP contribution in [0.5, 0.6) is 0 Å². The molecule has 1 aromatic heterocycles. The monoisotopic (exact) mass is 383 g/mol. The van der Waals surface area contributed by atoms with Crippen molar-refractivity contribution in [2.75, 3.05) is 12.4 Å². The second-order valence-electron chi connectivity index (χ2n) is 5.93. The molecule has 3 rings (SSSR count). The van der Waals surface area contributed by atoms with E-state index >= 15 is 0 Å². The van der Waals surface area contributed by atoms with Gasteiger partial charge in [-0.1, -0.05) is 24.6 Å². The number of fused-ring (bicyclic) bond motifs is 1. The van der Waals surface area contributed by atoms with Crippen LogP contribution in [0.15, 0.2) is 15.8 Å². The third kappa shape index (κ3) is 4.17. The Labute approximate surface area is 154 Å². The first-order valence-electron chi connectivity index (χ1n) is 8.33. The minimum atomic E-state index is -0.301. The van der Waals surface area contributed by atoms with Crippen LogP contribution in [-0.2, 0) is 21.4 Å². The molecule has 10 heteroatoms. The summed E-state index contributed by atoms with van der Waals surface area (Å²) in [7, 11) is 1.72. The molecule has 2 heterocycles. The highest BCUT2D eigenvalue weighted by atomic mass is 32.2. The highest BCUT2D eigenvalue weighted by Crippen LogP contribution is 2.48. The number of esters is 1. The van der Waals surface area contributed by atoms with Gasteiger partial charge in [0.05, 0.1) is 23.0 Å². The molecule has 2 aliphatic rings. The van der Waals surface area contributed by atoms with E-state index in [4.69, 9.17) is 4.74 Å². The fourth-order valence-electron chi connectivity index (χ4n) is 3.14. The zero-order valence-corrected chi connectivity index (χ0v) is 15.9. The van der Waals surface area contributed by atoms with E-state index in [0.717, 1.165) is 19.3 Å². The predicted octanol–water partition coefficient (Wildman–Crippen LogP) is 1.50. The van der Waals surface area contributed by atoms with Crippen LogP contribution in [0.1, 0.15) is 32.6 Å². The van der Waals surface area contributed by atoms with Gasteiger partial charge in [0, 0.05) is 18.2 Å². The van der Waals surface area contributed by atoms with Crippen molar-refractivity contribution in [1.29, 1.82) is 0 Å². The molecule has 8 nitrogen and oxygen atoms in total. The van der Waals surface area contributed by atoms with Crippen LogP contribution in [0, 0.1) is 5.92 Å². The van der Waals surface area contributed by atoms with Crippen molar-refractivity contribution in [1.82, 2.24) is 25.5 Å². The van der Waals surface area contributed by atoms with Gasteiger partial charge in [-0.15, -0.1) is 16.9 Å². The molecule has 0 bridgehead atoms. The van der Waals surface area contributed by atoms with Crippen molar-refractivity contribution in [3.63, 3.8) is 0 Å². The number of thioether (sulfide) groups is 2. The number of aromatic nitrogens is 4. The Hall–Kier alpha value is -1.55. The van der Waals surface area contributed by atoms with Crippen LogP contribution in [0.2, 0.25) is 0 Å². The van der Waals surface area contributed by atoms with Gasteiger partial charge in [-0.3, -0.25) is 4.79 Å². The number of nitrogens with one attached hydrogen (secondary N) is 1. The van der Waals surface area contributed by atoms with Crippen LogP contribution < -0.4 is 5.32 Å². The van der Waals surface area contributed by atoms with Crippen molar-refractivity contribution in [2.45, 2.75) is 43.0 Å². The third-order valence-electron chi connectivity index (χ3n) is 4.25. The first kappa shape index (κ1) is 18.2. The summed E-state index contributed by atoms with van der Waals surface area (Å²) in [6.45, 7) is 2.13. The number of nitrogens with zero attached hydrogens (tertiary/aromatic N) is 4. The molecule has 1 amide bonds. The Morgan fingerprint density at radius 1 is 1.40 bits per heavy atom. The Morgan fingerprint density at radius 3 is 2.92 bits per heavy atom. The van der Waals surface area contributed by atoms with E-state index in [1.807, 2.05) is 0 Å². The van der Waals surface area contributed by atoms with Gasteiger partial charge in [0.15, 0.2) is 0 Å². The molecule has 1 fully saturated rings. The van der Waals surface area contributed by atoms with Crippen LogP contribution >= 0.6 is 23.5 Å². The van der Waals surface area contributed by atoms with Crippen LogP contribution in [0.4, 0.5) is 0 Å². The highest BCUT2D eigenvalue weighted by Gasteiger charge is 2.41. The summed E-state index contributed by atoms with van der Waals surface area (Å²) in [6, 6.07) is 0. The van der Waals surface area contributed by atoms with E-state index in [9.17, 15) is 9.59 Å². The van der Waals surface area contributed by atoms with Crippen molar-refractivity contribution in [3.8, 4) is 0 Å². The van der Waals surface area contributed by atoms with E-state index in [0.29, 0.717) is 27.6 Å². The van der Waals surface area contributed by atoms with Crippen molar-refractivity contribution in [3.05, 3.63) is 10.6 Å². The van der Waals surface area contributed by atoms with Gasteiger partial charge in [-0.05, 0) is 30.2 Å². The summed E-state index contributed by atoms with van der Waals surface area (Å²) in [5.41, 5.74) is 0.648. The normalized spacial score (nSPS) is 22.6. The number of ether oxygens (including phenoxy) is 1. The largest absolute Gasteiger partial charge is 0.463 e. The van der Waals surface area contributed by atoms with Crippen LogP contribution in [0.3, 0.4) is 0 Å². The average Bonchev–Trinajstić information content (AvgIpc) is 3.16. The van der Waals surface area contributed by atoms with Gasteiger partial charge in [0.1, 0.15) is 0 Å². The first-order valence-corrected chi connectivity index (χ1v) is 10.2. The maximum atomic E-state index is 12.4. The van der Waals surface area contributed by atoms with E-state index in [-0.39, 0.29) is 23.5 Å². The number of amides is 1. The molecular formula is C15H21N5O3S2. The lowest BCUT2D eigenvalue weighted by atomic mass is 9.84. The van der Waals surface area contributed by atoms with Gasteiger partial charge < -0.3 is 10.1 Å². The summed E-state index contributed by atoms with van der Waals surface area (Å²) >= 11 is 2.86. The molecule has 0 saturated heterocycles. The van der Waals surface area contributed by atoms with E-state index in [2.05, 4.69) is 20.8 Å². The second-order valence-corrected chi connectivity index (χ2v) is 8.12. The summed E-state index contributed by atoms with van der Waals surface area (Å²) in [4.78, 5) is 24.7. The molecule has 0 unspecified atom stereocenters. The smallest absolute Gasteiger partial charge is 0.336 e. The Balaban J connectivity index is 1.68. The molecule has 1 aliphatic heterocycles. The first-order chi connectivity index (χ1) is 12.1.